The molecule has 0 aromatic heterocycles. The van der Waals surface area contributed by atoms with Crippen LogP contribution in [0.4, 0.5) is 0 Å². The Labute approximate surface area is 102 Å². The summed E-state index contributed by atoms with van der Waals surface area (Å²) in [7, 11) is -8.26. The average Bonchev–Trinajstić information content (AvgIpc) is 2.05. The van der Waals surface area contributed by atoms with Crippen molar-refractivity contribution in [2.45, 2.75) is 9.79 Å². The lowest BCUT2D eigenvalue weighted by molar-refractivity contribution is 0.596. The third kappa shape index (κ3) is 2.84. The summed E-state index contributed by atoms with van der Waals surface area (Å²) >= 11 is 11.1. The van der Waals surface area contributed by atoms with E-state index in [2.05, 4.69) is 0 Å². The monoisotopic (exact) mass is 310 g/mol. The fraction of sp³-hybridized carbons (Fsp3) is 0. The summed E-state index contributed by atoms with van der Waals surface area (Å²) in [5, 5.41) is 9.04. The predicted molar refractivity (Wildman–Crippen MR) is 59.2 cm³/mol. The summed E-state index contributed by atoms with van der Waals surface area (Å²) in [6, 6.07) is 1.69. The molecule has 0 unspecified atom stereocenters. The van der Waals surface area contributed by atoms with Crippen molar-refractivity contribution in [1.82, 2.24) is 0 Å². The molecule has 0 fully saturated rings. The van der Waals surface area contributed by atoms with Crippen LogP contribution in [0.15, 0.2) is 21.9 Å². The van der Waals surface area contributed by atoms with E-state index in [1.54, 1.807) is 0 Å². The average molecular weight is 311 g/mol. The third-order valence-corrected chi connectivity index (χ3v) is 4.35. The molecule has 0 heterocycles. The molecule has 90 valence electrons. The first kappa shape index (κ1) is 13.7. The molecule has 0 saturated heterocycles. The van der Waals surface area contributed by atoms with Crippen LogP contribution in [0, 0.1) is 0 Å². The van der Waals surface area contributed by atoms with Crippen molar-refractivity contribution in [3.05, 3.63) is 22.2 Å². The SMILES string of the molecule is NS(=O)(=O)[13c]1[13cH][13c](Cl)[13c](Cl)[13c](S(N)(=O)=O)[13cH]1. The molecule has 6 nitrogen and oxygen atoms in total. The van der Waals surface area contributed by atoms with Crippen molar-refractivity contribution in [1.29, 1.82) is 0 Å². The second-order valence-electron chi connectivity index (χ2n) is 2.81. The Hall–Kier alpha value is -0.380. The van der Waals surface area contributed by atoms with Crippen LogP contribution in [0.2, 0.25) is 10.0 Å². The minimum absolute atomic E-state index is 0.266. The topological polar surface area (TPSA) is 120 Å². The van der Waals surface area contributed by atoms with Crippen LogP contribution in [-0.4, -0.2) is 16.8 Å². The van der Waals surface area contributed by atoms with Crippen LogP contribution in [0.3, 0.4) is 0 Å². The Balaban J connectivity index is 3.72. The van der Waals surface area contributed by atoms with Gasteiger partial charge in [0.25, 0.3) is 0 Å². The first-order valence-corrected chi connectivity index (χ1v) is 7.43. The van der Waals surface area contributed by atoms with E-state index < -0.39 is 29.8 Å². The summed E-state index contributed by atoms with van der Waals surface area (Å²) in [6.07, 6.45) is 0. The Morgan fingerprint density at radius 1 is 0.938 bits per heavy atom. The van der Waals surface area contributed by atoms with Gasteiger partial charge in [0, 0.05) is 0 Å². The highest BCUT2D eigenvalue weighted by atomic mass is 35.5. The fourth-order valence-corrected chi connectivity index (χ4v) is 2.97. The van der Waals surface area contributed by atoms with Gasteiger partial charge >= 0.3 is 0 Å². The Bertz CT molecular complexity index is 639. The quantitative estimate of drug-likeness (QED) is 0.815. The largest absolute Gasteiger partial charge is 0.239 e. The van der Waals surface area contributed by atoms with Crippen molar-refractivity contribution in [3.63, 3.8) is 0 Å². The highest BCUT2D eigenvalue weighted by molar-refractivity contribution is 7.90. The summed E-state index contributed by atoms with van der Waals surface area (Å²) in [5.41, 5.74) is 0. The second-order valence-corrected chi connectivity index (χ2v) is 6.68. The Morgan fingerprint density at radius 3 is 1.81 bits per heavy atom. The van der Waals surface area contributed by atoms with Crippen LogP contribution in [0.5, 0.6) is 0 Å². The maximum atomic E-state index is 11.1. The van der Waals surface area contributed by atoms with Gasteiger partial charge in [0.2, 0.25) is 20.0 Å². The molecule has 1 aromatic carbocycles. The molecular formula is C6H6Cl2N2O4S2. The Morgan fingerprint density at radius 2 is 1.44 bits per heavy atom. The maximum absolute atomic E-state index is 11.1. The molecule has 0 saturated carbocycles. The Kier molecular flexibility index (Phi) is 3.53. The molecule has 1 aromatic rings. The first-order valence-electron chi connectivity index (χ1n) is 3.58. The zero-order chi connectivity index (χ0) is 12.7. The van der Waals surface area contributed by atoms with E-state index in [1.807, 2.05) is 0 Å². The van der Waals surface area contributed by atoms with E-state index in [1.165, 1.54) is 0 Å². The summed E-state index contributed by atoms with van der Waals surface area (Å²) < 4.78 is 44.2. The lowest BCUT2D eigenvalue weighted by Gasteiger charge is -2.06. The molecule has 0 aliphatic heterocycles. The van der Waals surface area contributed by atoms with Gasteiger partial charge in [-0.25, -0.2) is 27.1 Å². The summed E-state index contributed by atoms with van der Waals surface area (Å²) in [6.45, 7) is 0. The van der Waals surface area contributed by atoms with E-state index in [0.717, 1.165) is 12.1 Å². The molecule has 0 bridgehead atoms. The first-order chi connectivity index (χ1) is 7.03. The van der Waals surface area contributed by atoms with Crippen LogP contribution >= 0.6 is 23.2 Å². The summed E-state index contributed by atoms with van der Waals surface area (Å²) in [4.78, 5) is -1.07. The maximum Gasteiger partial charge on any atom is 0.239 e. The second kappa shape index (κ2) is 4.13. The van der Waals surface area contributed by atoms with Crippen molar-refractivity contribution in [3.8, 4) is 0 Å². The molecule has 1 rings (SSSR count). The van der Waals surface area contributed by atoms with Crippen molar-refractivity contribution < 1.29 is 16.8 Å². The molecule has 0 atom stereocenters. The number of halogens is 2. The molecule has 0 radical (unpaired) electrons. The number of sulfonamides is 2. The fourth-order valence-electron chi connectivity index (χ4n) is 0.911. The highest BCUT2D eigenvalue weighted by Crippen LogP contribution is 2.31. The van der Waals surface area contributed by atoms with Gasteiger partial charge in [-0.2, -0.15) is 0 Å². The van der Waals surface area contributed by atoms with Crippen molar-refractivity contribution in [2.75, 3.05) is 0 Å². The number of rotatable bonds is 2. The number of primary sulfonamides is 2. The predicted octanol–water partition coefficient (Wildman–Crippen LogP) is 0.288. The van der Waals surface area contributed by atoms with Crippen LogP contribution in [-0.2, 0) is 20.0 Å². The van der Waals surface area contributed by atoms with E-state index >= 15 is 0 Å². The smallest absolute Gasteiger partial charge is 0.225 e. The molecule has 0 spiro atoms. The number of nitrogens with two attached hydrogens (primary N) is 2. The van der Waals surface area contributed by atoms with Gasteiger partial charge < -0.3 is 0 Å². The van der Waals surface area contributed by atoms with Gasteiger partial charge in [-0.3, -0.25) is 0 Å². The highest BCUT2D eigenvalue weighted by Gasteiger charge is 2.20. The van der Waals surface area contributed by atoms with Gasteiger partial charge in [-0.05, 0) is 12.1 Å². The molecule has 10 heteroatoms. The zero-order valence-corrected chi connectivity index (χ0v) is 10.7. The number of benzene rings is 1. The minimum Gasteiger partial charge on any atom is -0.225 e. The molecular weight excluding hydrogens is 305 g/mol. The van der Waals surface area contributed by atoms with Gasteiger partial charge in [-0.15, -0.1) is 0 Å². The molecule has 0 amide bonds. The van der Waals surface area contributed by atoms with E-state index in [4.69, 9.17) is 33.5 Å². The lowest BCUT2D eigenvalue weighted by atomic mass is 11.3. The minimum atomic E-state index is -4.18. The van der Waals surface area contributed by atoms with Gasteiger partial charge in [0.05, 0.1) is 14.9 Å². The lowest BCUT2D eigenvalue weighted by Crippen LogP contribution is -2.16. The van der Waals surface area contributed by atoms with Crippen molar-refractivity contribution >= 4 is 43.2 Å². The number of hydrogen-bond donors (Lipinski definition) is 2. The molecule has 0 aliphatic rings. The third-order valence-electron chi connectivity index (χ3n) is 1.60. The standard InChI is InChI=1S/C6H6Cl2N2O4S2/c7-4-1-3(15(9,11)12)2-5(6(4)8)16(10,13)14/h1-2H,(H2,9,11,12)(H2,10,13,14)/i1+1,2+1,3+1,4+1,5+1,6+1. The summed E-state index contributed by atoms with van der Waals surface area (Å²) in [5.74, 6) is 0. The number of hydrogen-bond acceptors (Lipinski definition) is 4. The molecule has 16 heavy (non-hydrogen) atoms. The van der Waals surface area contributed by atoms with E-state index in [-0.39, 0.29) is 10.0 Å². The zero-order valence-electron chi connectivity index (χ0n) is 7.51. The van der Waals surface area contributed by atoms with Gasteiger partial charge in [-0.1, -0.05) is 23.2 Å². The van der Waals surface area contributed by atoms with Crippen LogP contribution in [0.1, 0.15) is 0 Å². The molecule has 4 N–H and O–H groups in total. The van der Waals surface area contributed by atoms with Gasteiger partial charge in [0.1, 0.15) is 4.90 Å². The van der Waals surface area contributed by atoms with E-state index in [0.29, 0.717) is 0 Å². The molecule has 0 aliphatic carbocycles. The normalized spacial score (nSPS) is 12.8. The van der Waals surface area contributed by atoms with E-state index in [9.17, 15) is 16.8 Å². The van der Waals surface area contributed by atoms with Crippen LogP contribution < -0.4 is 10.3 Å². The van der Waals surface area contributed by atoms with Crippen molar-refractivity contribution in [2.24, 2.45) is 10.3 Å². The van der Waals surface area contributed by atoms with Gasteiger partial charge in [0.15, 0.2) is 0 Å². The van der Waals surface area contributed by atoms with Crippen LogP contribution in [0.25, 0.3) is 0 Å².